The van der Waals surface area contributed by atoms with Crippen LogP contribution in [0, 0.1) is 0 Å². The summed E-state index contributed by atoms with van der Waals surface area (Å²) in [5, 5.41) is 3.13. The van der Waals surface area contributed by atoms with Crippen LogP contribution >= 0.6 is 0 Å². The second-order valence-electron chi connectivity index (χ2n) is 3.54. The average Bonchev–Trinajstić information content (AvgIpc) is 2.37. The normalized spacial score (nSPS) is 10.3. The van der Waals surface area contributed by atoms with Gasteiger partial charge in [0, 0.05) is 26.3 Å². The minimum absolute atomic E-state index is 0.188. The number of nitrogen functional groups attached to an aromatic ring is 1. The van der Waals surface area contributed by atoms with E-state index in [-0.39, 0.29) is 5.95 Å². The lowest BCUT2D eigenvalue weighted by Crippen LogP contribution is -2.10. The van der Waals surface area contributed by atoms with Gasteiger partial charge in [-0.2, -0.15) is 9.97 Å². The first-order valence-corrected chi connectivity index (χ1v) is 5.75. The highest BCUT2D eigenvalue weighted by Crippen LogP contribution is 2.13. The van der Waals surface area contributed by atoms with Gasteiger partial charge in [0.15, 0.2) is 0 Å². The Bertz CT molecular complexity index is 349. The lowest BCUT2D eigenvalue weighted by Gasteiger charge is -2.08. The maximum Gasteiger partial charge on any atom is 0.225 e. The molecular weight excluding hydrogens is 236 g/mol. The highest BCUT2D eigenvalue weighted by atomic mass is 16.5. The van der Waals surface area contributed by atoms with Gasteiger partial charge in [-0.1, -0.05) is 0 Å². The van der Waals surface area contributed by atoms with Crippen LogP contribution in [-0.2, 0) is 9.47 Å². The Morgan fingerprint density at radius 1 is 1.22 bits per heavy atom. The quantitative estimate of drug-likeness (QED) is 0.623. The number of nitrogens with one attached hydrogen (secondary N) is 1. The molecule has 0 saturated carbocycles. The van der Waals surface area contributed by atoms with Crippen LogP contribution in [0.4, 0.5) is 11.8 Å². The smallest absolute Gasteiger partial charge is 0.225 e. The second-order valence-corrected chi connectivity index (χ2v) is 3.54. The van der Waals surface area contributed by atoms with Gasteiger partial charge in [-0.25, -0.2) is 0 Å². The van der Waals surface area contributed by atoms with Crippen LogP contribution in [0.1, 0.15) is 6.42 Å². The van der Waals surface area contributed by atoms with Crippen molar-refractivity contribution < 1.29 is 14.2 Å². The molecule has 0 aliphatic heterocycles. The molecule has 0 unspecified atom stereocenters. The number of ether oxygens (including phenoxy) is 3. The van der Waals surface area contributed by atoms with Gasteiger partial charge in [-0.15, -0.1) is 0 Å². The standard InChI is InChI=1S/C11H20N4O3/c1-16-6-7-18-5-3-4-13-9-8-10(17-2)15-11(12)14-9/h8H,3-7H2,1-2H3,(H3,12,13,14,15). The van der Waals surface area contributed by atoms with E-state index < -0.39 is 0 Å². The number of aromatic nitrogens is 2. The predicted octanol–water partition coefficient (Wildman–Crippen LogP) is 0.532. The molecular formula is C11H20N4O3. The van der Waals surface area contributed by atoms with Gasteiger partial charge >= 0.3 is 0 Å². The van der Waals surface area contributed by atoms with Crippen LogP contribution in [0.3, 0.4) is 0 Å². The van der Waals surface area contributed by atoms with Crippen molar-refractivity contribution in [3.8, 4) is 5.88 Å². The Labute approximate surface area is 107 Å². The number of nitrogens with two attached hydrogens (primary N) is 1. The third-order valence-corrected chi connectivity index (χ3v) is 2.13. The summed E-state index contributed by atoms with van der Waals surface area (Å²) in [5.74, 6) is 1.28. The third kappa shape index (κ3) is 5.65. The number of hydrogen-bond donors (Lipinski definition) is 2. The summed E-state index contributed by atoms with van der Waals surface area (Å²) in [7, 11) is 3.19. The molecule has 0 aliphatic rings. The van der Waals surface area contributed by atoms with E-state index in [2.05, 4.69) is 15.3 Å². The minimum atomic E-state index is 0.188. The zero-order valence-electron chi connectivity index (χ0n) is 10.8. The predicted molar refractivity (Wildman–Crippen MR) is 68.8 cm³/mol. The zero-order chi connectivity index (χ0) is 13.2. The van der Waals surface area contributed by atoms with Gasteiger partial charge in [0.05, 0.1) is 20.3 Å². The molecule has 1 aromatic heterocycles. The highest BCUT2D eigenvalue weighted by molar-refractivity contribution is 5.42. The molecule has 0 amide bonds. The van der Waals surface area contributed by atoms with Crippen molar-refractivity contribution >= 4 is 11.8 Å². The van der Waals surface area contributed by atoms with Gasteiger partial charge in [0.1, 0.15) is 5.82 Å². The molecule has 0 saturated heterocycles. The van der Waals surface area contributed by atoms with E-state index in [4.69, 9.17) is 19.9 Å². The SMILES string of the molecule is COCCOCCCNc1cc(OC)nc(N)n1. The van der Waals surface area contributed by atoms with E-state index in [1.807, 2.05) is 0 Å². The van der Waals surface area contributed by atoms with Gasteiger partial charge in [-0.05, 0) is 6.42 Å². The number of methoxy groups -OCH3 is 2. The Morgan fingerprint density at radius 3 is 2.78 bits per heavy atom. The first-order valence-electron chi connectivity index (χ1n) is 5.75. The first-order chi connectivity index (χ1) is 8.76. The van der Waals surface area contributed by atoms with E-state index in [0.29, 0.717) is 31.5 Å². The molecule has 0 atom stereocenters. The Hall–Kier alpha value is -1.60. The van der Waals surface area contributed by atoms with Crippen molar-refractivity contribution in [2.75, 3.05) is 51.6 Å². The molecule has 0 radical (unpaired) electrons. The first kappa shape index (κ1) is 14.5. The highest BCUT2D eigenvalue weighted by Gasteiger charge is 2.01. The topological polar surface area (TPSA) is 91.5 Å². The van der Waals surface area contributed by atoms with Gasteiger partial charge < -0.3 is 25.3 Å². The van der Waals surface area contributed by atoms with Crippen LogP contribution in [0.5, 0.6) is 5.88 Å². The molecule has 0 bridgehead atoms. The Balaban J connectivity index is 2.20. The fraction of sp³-hybridized carbons (Fsp3) is 0.636. The summed E-state index contributed by atoms with van der Waals surface area (Å²) >= 11 is 0. The van der Waals surface area contributed by atoms with Gasteiger partial charge in [0.25, 0.3) is 0 Å². The second kappa shape index (κ2) is 8.48. The van der Waals surface area contributed by atoms with E-state index in [9.17, 15) is 0 Å². The molecule has 18 heavy (non-hydrogen) atoms. The minimum Gasteiger partial charge on any atom is -0.481 e. The van der Waals surface area contributed by atoms with Crippen molar-refractivity contribution in [1.82, 2.24) is 9.97 Å². The van der Waals surface area contributed by atoms with Crippen LogP contribution in [0.25, 0.3) is 0 Å². The van der Waals surface area contributed by atoms with Crippen LogP contribution in [0.2, 0.25) is 0 Å². The van der Waals surface area contributed by atoms with E-state index in [1.54, 1.807) is 13.2 Å². The van der Waals surface area contributed by atoms with E-state index >= 15 is 0 Å². The number of hydrogen-bond acceptors (Lipinski definition) is 7. The van der Waals surface area contributed by atoms with E-state index in [0.717, 1.165) is 13.0 Å². The molecule has 7 nitrogen and oxygen atoms in total. The molecule has 0 spiro atoms. The summed E-state index contributed by atoms with van der Waals surface area (Å²) in [6.07, 6.45) is 0.871. The molecule has 102 valence electrons. The van der Waals surface area contributed by atoms with Crippen LogP contribution < -0.4 is 15.8 Å². The Kier molecular flexibility index (Phi) is 6.82. The number of rotatable bonds is 9. The van der Waals surface area contributed by atoms with Crippen LogP contribution in [-0.4, -0.2) is 50.6 Å². The van der Waals surface area contributed by atoms with Crippen molar-refractivity contribution in [2.24, 2.45) is 0 Å². The summed E-state index contributed by atoms with van der Waals surface area (Å²) < 4.78 is 15.2. The van der Waals surface area contributed by atoms with E-state index in [1.165, 1.54) is 7.11 Å². The van der Waals surface area contributed by atoms with Crippen molar-refractivity contribution in [2.45, 2.75) is 6.42 Å². The molecule has 3 N–H and O–H groups in total. The third-order valence-electron chi connectivity index (χ3n) is 2.13. The zero-order valence-corrected chi connectivity index (χ0v) is 10.8. The largest absolute Gasteiger partial charge is 0.481 e. The van der Waals surface area contributed by atoms with Crippen molar-refractivity contribution in [3.05, 3.63) is 6.07 Å². The van der Waals surface area contributed by atoms with Crippen molar-refractivity contribution in [3.63, 3.8) is 0 Å². The lowest BCUT2D eigenvalue weighted by molar-refractivity contribution is 0.0705. The van der Waals surface area contributed by atoms with Crippen molar-refractivity contribution in [1.29, 1.82) is 0 Å². The molecule has 0 fully saturated rings. The number of nitrogens with zero attached hydrogens (tertiary/aromatic N) is 2. The average molecular weight is 256 g/mol. The Morgan fingerprint density at radius 2 is 2.06 bits per heavy atom. The van der Waals surface area contributed by atoms with Gasteiger partial charge in [0.2, 0.25) is 11.8 Å². The fourth-order valence-electron chi connectivity index (χ4n) is 1.27. The summed E-state index contributed by atoms with van der Waals surface area (Å²) in [5.41, 5.74) is 5.54. The lowest BCUT2D eigenvalue weighted by atomic mass is 10.4. The van der Waals surface area contributed by atoms with Crippen LogP contribution in [0.15, 0.2) is 6.07 Å². The molecule has 1 aromatic rings. The summed E-state index contributed by atoms with van der Waals surface area (Å²) in [4.78, 5) is 7.94. The summed E-state index contributed by atoms with van der Waals surface area (Å²) in [6, 6.07) is 1.70. The molecule has 7 heteroatoms. The molecule has 1 heterocycles. The monoisotopic (exact) mass is 256 g/mol. The number of anilines is 2. The summed E-state index contributed by atoms with van der Waals surface area (Å²) in [6.45, 7) is 2.65. The molecule has 1 rings (SSSR count). The molecule has 0 aromatic carbocycles. The molecule has 0 aliphatic carbocycles. The van der Waals surface area contributed by atoms with Gasteiger partial charge in [-0.3, -0.25) is 0 Å². The maximum atomic E-state index is 5.54. The maximum absolute atomic E-state index is 5.54. The fourth-order valence-corrected chi connectivity index (χ4v) is 1.27.